The van der Waals surface area contributed by atoms with Crippen molar-refractivity contribution in [2.45, 2.75) is 26.2 Å². The van der Waals surface area contributed by atoms with Crippen LogP contribution in [0.1, 0.15) is 24.3 Å². The van der Waals surface area contributed by atoms with Crippen LogP contribution < -0.4 is 5.32 Å². The predicted molar refractivity (Wildman–Crippen MR) is 98.6 cm³/mol. The van der Waals surface area contributed by atoms with Crippen molar-refractivity contribution >= 4 is 18.3 Å². The summed E-state index contributed by atoms with van der Waals surface area (Å²) in [6.45, 7) is 4.25. The molecule has 8 heteroatoms. The molecule has 0 radical (unpaired) electrons. The van der Waals surface area contributed by atoms with Crippen LogP contribution in [0.3, 0.4) is 0 Å². The fourth-order valence-corrected chi connectivity index (χ4v) is 3.14. The van der Waals surface area contributed by atoms with Crippen molar-refractivity contribution < 1.29 is 13.7 Å². The van der Waals surface area contributed by atoms with E-state index in [1.807, 2.05) is 11.9 Å². The quantitative estimate of drug-likeness (QED) is 0.831. The standard InChI is InChI=1S/C18H23FN4O2.ClH/c1-12-9-14(3-4-15(12)19)18-21-16(25-22-18)5-6-17(24)23-8-7-13(11-23)10-20-2;/h3-4,9,13,20H,5-8,10-11H2,1-2H3;1H. The largest absolute Gasteiger partial charge is 0.342 e. The Kier molecular flexibility index (Phi) is 7.11. The molecule has 1 aliphatic rings. The number of aromatic nitrogens is 2. The zero-order chi connectivity index (χ0) is 17.8. The summed E-state index contributed by atoms with van der Waals surface area (Å²) in [5.41, 5.74) is 1.24. The highest BCUT2D eigenvalue weighted by Gasteiger charge is 2.25. The Labute approximate surface area is 158 Å². The fourth-order valence-electron chi connectivity index (χ4n) is 3.14. The highest BCUT2D eigenvalue weighted by molar-refractivity contribution is 5.85. The van der Waals surface area contributed by atoms with E-state index in [-0.39, 0.29) is 24.1 Å². The molecule has 0 bridgehead atoms. The van der Waals surface area contributed by atoms with Gasteiger partial charge in [-0.05, 0) is 56.6 Å². The Hall–Kier alpha value is -1.99. The highest BCUT2D eigenvalue weighted by Crippen LogP contribution is 2.20. The second-order valence-corrected chi connectivity index (χ2v) is 6.53. The molecule has 6 nitrogen and oxygen atoms in total. The molecule has 1 fully saturated rings. The number of halogens is 2. The molecule has 0 aliphatic carbocycles. The van der Waals surface area contributed by atoms with E-state index in [2.05, 4.69) is 15.5 Å². The Balaban J connectivity index is 0.00000243. The number of amides is 1. The van der Waals surface area contributed by atoms with E-state index in [9.17, 15) is 9.18 Å². The maximum absolute atomic E-state index is 13.3. The smallest absolute Gasteiger partial charge is 0.227 e. The predicted octanol–water partition coefficient (Wildman–Crippen LogP) is 2.61. The average Bonchev–Trinajstić information content (AvgIpc) is 3.25. The second-order valence-electron chi connectivity index (χ2n) is 6.53. The monoisotopic (exact) mass is 382 g/mol. The minimum atomic E-state index is -0.264. The van der Waals surface area contributed by atoms with E-state index in [0.717, 1.165) is 26.1 Å². The van der Waals surface area contributed by atoms with Gasteiger partial charge in [0.05, 0.1) is 0 Å². The van der Waals surface area contributed by atoms with E-state index in [1.165, 1.54) is 6.07 Å². The van der Waals surface area contributed by atoms with Crippen LogP contribution >= 0.6 is 12.4 Å². The molecule has 1 saturated heterocycles. The molecule has 3 rings (SSSR count). The van der Waals surface area contributed by atoms with Gasteiger partial charge < -0.3 is 14.7 Å². The summed E-state index contributed by atoms with van der Waals surface area (Å²) in [4.78, 5) is 18.5. The molecule has 142 valence electrons. The van der Waals surface area contributed by atoms with Gasteiger partial charge in [0.2, 0.25) is 17.6 Å². The van der Waals surface area contributed by atoms with Crippen LogP contribution in [0.4, 0.5) is 4.39 Å². The average molecular weight is 383 g/mol. The Morgan fingerprint density at radius 3 is 3.00 bits per heavy atom. The number of aryl methyl sites for hydroxylation is 2. The first-order chi connectivity index (χ1) is 12.1. The third kappa shape index (κ3) is 4.80. The number of nitrogens with zero attached hydrogens (tertiary/aromatic N) is 3. The summed E-state index contributed by atoms with van der Waals surface area (Å²) in [5, 5.41) is 7.09. The lowest BCUT2D eigenvalue weighted by Crippen LogP contribution is -2.30. The van der Waals surface area contributed by atoms with Crippen molar-refractivity contribution in [1.82, 2.24) is 20.4 Å². The van der Waals surface area contributed by atoms with Crippen LogP contribution in [0.25, 0.3) is 11.4 Å². The van der Waals surface area contributed by atoms with Gasteiger partial charge in [0.1, 0.15) is 5.82 Å². The Morgan fingerprint density at radius 2 is 2.27 bits per heavy atom. The van der Waals surface area contributed by atoms with Gasteiger partial charge >= 0.3 is 0 Å². The Morgan fingerprint density at radius 1 is 1.46 bits per heavy atom. The number of hydrogen-bond donors (Lipinski definition) is 1. The topological polar surface area (TPSA) is 71.3 Å². The minimum absolute atomic E-state index is 0. The molecule has 1 aliphatic heterocycles. The lowest BCUT2D eigenvalue weighted by Gasteiger charge is -2.15. The highest BCUT2D eigenvalue weighted by atomic mass is 35.5. The zero-order valence-corrected chi connectivity index (χ0v) is 15.8. The van der Waals surface area contributed by atoms with Gasteiger partial charge in [-0.1, -0.05) is 5.16 Å². The van der Waals surface area contributed by atoms with Crippen molar-refractivity contribution in [3.05, 3.63) is 35.5 Å². The van der Waals surface area contributed by atoms with E-state index in [1.54, 1.807) is 19.1 Å². The summed E-state index contributed by atoms with van der Waals surface area (Å²) in [6, 6.07) is 4.69. The van der Waals surface area contributed by atoms with Crippen molar-refractivity contribution in [1.29, 1.82) is 0 Å². The van der Waals surface area contributed by atoms with Gasteiger partial charge in [-0.25, -0.2) is 4.39 Å². The first-order valence-electron chi connectivity index (χ1n) is 8.58. The van der Waals surface area contributed by atoms with Gasteiger partial charge in [0.25, 0.3) is 0 Å². The second kappa shape index (κ2) is 9.09. The molecule has 0 saturated carbocycles. The molecule has 1 amide bonds. The number of nitrogens with one attached hydrogen (secondary N) is 1. The Bertz CT molecular complexity index is 753. The van der Waals surface area contributed by atoms with Crippen LogP contribution in [0, 0.1) is 18.7 Å². The first-order valence-corrected chi connectivity index (χ1v) is 8.58. The number of carbonyl (C=O) groups excluding carboxylic acids is 1. The summed E-state index contributed by atoms with van der Waals surface area (Å²) in [5.74, 6) is 1.24. The van der Waals surface area contributed by atoms with Crippen molar-refractivity contribution in [2.75, 3.05) is 26.7 Å². The molecule has 26 heavy (non-hydrogen) atoms. The third-order valence-electron chi connectivity index (χ3n) is 4.57. The molecular formula is C18H24ClFN4O2. The minimum Gasteiger partial charge on any atom is -0.342 e. The molecule has 0 spiro atoms. The van der Waals surface area contributed by atoms with Crippen LogP contribution in [-0.2, 0) is 11.2 Å². The summed E-state index contributed by atoms with van der Waals surface area (Å²) in [7, 11) is 1.93. The molecular weight excluding hydrogens is 359 g/mol. The van der Waals surface area contributed by atoms with Crippen LogP contribution in [0.5, 0.6) is 0 Å². The van der Waals surface area contributed by atoms with E-state index < -0.39 is 0 Å². The molecule has 1 atom stereocenters. The molecule has 1 unspecified atom stereocenters. The maximum Gasteiger partial charge on any atom is 0.227 e. The van der Waals surface area contributed by atoms with Crippen LogP contribution in [-0.4, -0.2) is 47.6 Å². The number of benzene rings is 1. The summed E-state index contributed by atoms with van der Waals surface area (Å²) < 4.78 is 18.6. The van der Waals surface area contributed by atoms with Gasteiger partial charge in [-0.2, -0.15) is 4.98 Å². The number of likely N-dealkylation sites (tertiary alicyclic amines) is 1. The van der Waals surface area contributed by atoms with Gasteiger partial charge in [0, 0.05) is 31.5 Å². The van der Waals surface area contributed by atoms with Crippen LogP contribution in [0.15, 0.2) is 22.7 Å². The summed E-state index contributed by atoms with van der Waals surface area (Å²) >= 11 is 0. The lowest BCUT2D eigenvalue weighted by atomic mass is 10.1. The normalized spacial score (nSPS) is 16.6. The fraction of sp³-hybridized carbons (Fsp3) is 0.500. The summed E-state index contributed by atoms with van der Waals surface area (Å²) in [6.07, 6.45) is 1.82. The van der Waals surface area contributed by atoms with E-state index in [4.69, 9.17) is 4.52 Å². The first kappa shape index (κ1) is 20.3. The molecule has 2 aromatic rings. The van der Waals surface area contributed by atoms with Crippen LogP contribution in [0.2, 0.25) is 0 Å². The van der Waals surface area contributed by atoms with E-state index in [0.29, 0.717) is 41.6 Å². The van der Waals surface area contributed by atoms with Gasteiger partial charge in [-0.15, -0.1) is 12.4 Å². The number of hydrogen-bond acceptors (Lipinski definition) is 5. The maximum atomic E-state index is 13.3. The van der Waals surface area contributed by atoms with Crippen molar-refractivity contribution in [2.24, 2.45) is 5.92 Å². The van der Waals surface area contributed by atoms with E-state index >= 15 is 0 Å². The lowest BCUT2D eigenvalue weighted by molar-refractivity contribution is -0.130. The molecule has 1 N–H and O–H groups in total. The number of rotatable bonds is 6. The van der Waals surface area contributed by atoms with Gasteiger partial charge in [0.15, 0.2) is 0 Å². The van der Waals surface area contributed by atoms with Crippen molar-refractivity contribution in [3.63, 3.8) is 0 Å². The van der Waals surface area contributed by atoms with Crippen molar-refractivity contribution in [3.8, 4) is 11.4 Å². The molecule has 1 aromatic carbocycles. The molecule has 2 heterocycles. The SMILES string of the molecule is CNCC1CCN(C(=O)CCc2nc(-c3ccc(F)c(C)c3)no2)C1.Cl. The third-order valence-corrected chi connectivity index (χ3v) is 4.57. The zero-order valence-electron chi connectivity index (χ0n) is 15.0. The van der Waals surface area contributed by atoms with Gasteiger partial charge in [-0.3, -0.25) is 4.79 Å². The number of carbonyl (C=O) groups is 1. The molecule has 1 aromatic heterocycles.